The lowest BCUT2D eigenvalue weighted by atomic mass is 9.72. The van der Waals surface area contributed by atoms with Gasteiger partial charge in [-0.05, 0) is 72.3 Å². The minimum atomic E-state index is -0.752. The number of carboxylic acid groups (broad SMARTS) is 1. The van der Waals surface area contributed by atoms with Crippen LogP contribution in [-0.2, 0) is 20.4 Å². The zero-order valence-corrected chi connectivity index (χ0v) is 19.4. The molecule has 1 saturated carbocycles. The first-order valence-corrected chi connectivity index (χ1v) is 12.2. The number of methoxy groups -OCH3 is 1. The van der Waals surface area contributed by atoms with E-state index in [0.29, 0.717) is 0 Å². The van der Waals surface area contributed by atoms with Gasteiger partial charge in [0, 0.05) is 13.1 Å². The number of aliphatic carboxylic acids is 1. The van der Waals surface area contributed by atoms with Gasteiger partial charge in [-0.1, -0.05) is 49.2 Å². The molecule has 1 N–H and O–H groups in total. The van der Waals surface area contributed by atoms with Crippen molar-refractivity contribution in [2.45, 2.75) is 68.1 Å². The van der Waals surface area contributed by atoms with Crippen LogP contribution in [0, 0.1) is 0 Å². The quantitative estimate of drug-likeness (QED) is 0.698. The monoisotopic (exact) mass is 447 g/mol. The van der Waals surface area contributed by atoms with Crippen LogP contribution < -0.4 is 4.74 Å². The number of ether oxygens (including phenoxy) is 1. The first-order chi connectivity index (χ1) is 16.0. The first kappa shape index (κ1) is 22.0. The molecule has 1 amide bonds. The van der Waals surface area contributed by atoms with E-state index >= 15 is 0 Å². The second-order valence-corrected chi connectivity index (χ2v) is 10.2. The Morgan fingerprint density at radius 3 is 2.36 bits per heavy atom. The number of amides is 1. The third-order valence-electron chi connectivity index (χ3n) is 8.53. The second kappa shape index (κ2) is 8.51. The molecule has 0 radical (unpaired) electrons. The lowest BCUT2D eigenvalue weighted by Gasteiger charge is -2.43. The molecule has 2 fully saturated rings. The van der Waals surface area contributed by atoms with Gasteiger partial charge in [0.25, 0.3) is 0 Å². The van der Waals surface area contributed by atoms with Gasteiger partial charge in [0.05, 0.1) is 18.9 Å². The fourth-order valence-corrected chi connectivity index (χ4v) is 6.84. The number of hydrogen-bond donors (Lipinski definition) is 1. The van der Waals surface area contributed by atoms with Crippen LogP contribution in [0.15, 0.2) is 48.5 Å². The van der Waals surface area contributed by atoms with Gasteiger partial charge in [-0.25, -0.2) is 0 Å². The van der Waals surface area contributed by atoms with Crippen LogP contribution in [0.3, 0.4) is 0 Å². The first-order valence-electron chi connectivity index (χ1n) is 12.2. The Kier molecular flexibility index (Phi) is 5.67. The number of carboxylic acids is 1. The Morgan fingerprint density at radius 2 is 1.73 bits per heavy atom. The number of piperidine rings is 1. The summed E-state index contributed by atoms with van der Waals surface area (Å²) in [6, 6.07) is 16.4. The van der Waals surface area contributed by atoms with Crippen molar-refractivity contribution in [2.24, 2.45) is 0 Å². The van der Waals surface area contributed by atoms with Crippen LogP contribution in [0.2, 0.25) is 0 Å². The standard InChI is InChI=1S/C28H33NO4/c1-33-22-9-10-23-20(17-25(30)31)19-27(24(23)18-22)13-15-29(16-14-27)26(32)28(11-5-6-12-28)21-7-3-2-4-8-21/h2-4,7-10,18,20H,5-6,11-17,19H2,1H3,(H,30,31). The number of rotatable bonds is 5. The van der Waals surface area contributed by atoms with Gasteiger partial charge in [0.1, 0.15) is 5.75 Å². The highest BCUT2D eigenvalue weighted by molar-refractivity contribution is 5.89. The van der Waals surface area contributed by atoms with Crippen LogP contribution in [0.1, 0.15) is 74.0 Å². The maximum absolute atomic E-state index is 13.9. The molecule has 5 heteroatoms. The number of carbonyl (C=O) groups excluding carboxylic acids is 1. The fourth-order valence-electron chi connectivity index (χ4n) is 6.84. The SMILES string of the molecule is COc1ccc2c(c1)C1(CCN(C(=O)C3(c4ccccc4)CCCC3)CC1)CC2CC(=O)O. The summed E-state index contributed by atoms with van der Waals surface area (Å²) in [6.45, 7) is 1.45. The average molecular weight is 448 g/mol. The molecule has 2 aromatic rings. The van der Waals surface area contributed by atoms with Crippen LogP contribution in [-0.4, -0.2) is 42.1 Å². The van der Waals surface area contributed by atoms with Crippen molar-refractivity contribution >= 4 is 11.9 Å². The highest BCUT2D eigenvalue weighted by Crippen LogP contribution is 2.54. The highest BCUT2D eigenvalue weighted by Gasteiger charge is 2.50. The molecule has 0 bridgehead atoms. The van der Waals surface area contributed by atoms with E-state index in [1.807, 2.05) is 24.3 Å². The Labute approximate surface area is 195 Å². The van der Waals surface area contributed by atoms with E-state index < -0.39 is 5.97 Å². The minimum absolute atomic E-state index is 0.0242. The molecule has 1 heterocycles. The number of fused-ring (bicyclic) bond motifs is 2. The lowest BCUT2D eigenvalue weighted by molar-refractivity contribution is -0.139. The van der Waals surface area contributed by atoms with Crippen molar-refractivity contribution < 1.29 is 19.4 Å². The predicted octanol–water partition coefficient (Wildman–Crippen LogP) is 5.03. The number of hydrogen-bond acceptors (Lipinski definition) is 3. The summed E-state index contributed by atoms with van der Waals surface area (Å²) in [6.07, 6.45) is 6.80. The molecule has 1 atom stereocenters. The molecule has 174 valence electrons. The van der Waals surface area contributed by atoms with Crippen molar-refractivity contribution in [3.8, 4) is 5.75 Å². The Hall–Kier alpha value is -2.82. The molecule has 5 nitrogen and oxygen atoms in total. The lowest BCUT2D eigenvalue weighted by Crippen LogP contribution is -2.51. The average Bonchev–Trinajstić information content (AvgIpc) is 3.44. The van der Waals surface area contributed by atoms with E-state index in [2.05, 4.69) is 29.2 Å². The maximum Gasteiger partial charge on any atom is 0.303 e. The number of nitrogens with zero attached hydrogens (tertiary/aromatic N) is 1. The Morgan fingerprint density at radius 1 is 1.03 bits per heavy atom. The fraction of sp³-hybridized carbons (Fsp3) is 0.500. The maximum atomic E-state index is 13.9. The molecule has 2 aliphatic carbocycles. The summed E-state index contributed by atoms with van der Waals surface area (Å²) >= 11 is 0. The Balaban J connectivity index is 1.39. The third kappa shape index (κ3) is 3.71. The normalized spacial score (nSPS) is 22.8. The summed E-state index contributed by atoms with van der Waals surface area (Å²) in [7, 11) is 1.67. The van der Waals surface area contributed by atoms with Crippen LogP contribution in [0.4, 0.5) is 0 Å². The topological polar surface area (TPSA) is 66.8 Å². The summed E-state index contributed by atoms with van der Waals surface area (Å²) in [5.74, 6) is 0.372. The summed E-state index contributed by atoms with van der Waals surface area (Å²) in [5, 5.41) is 9.48. The van der Waals surface area contributed by atoms with Gasteiger partial charge in [-0.3, -0.25) is 9.59 Å². The van der Waals surface area contributed by atoms with Gasteiger partial charge in [0.2, 0.25) is 5.91 Å². The second-order valence-electron chi connectivity index (χ2n) is 10.2. The van der Waals surface area contributed by atoms with Gasteiger partial charge in [0.15, 0.2) is 0 Å². The molecule has 33 heavy (non-hydrogen) atoms. The van der Waals surface area contributed by atoms with E-state index in [0.717, 1.165) is 74.9 Å². The van der Waals surface area contributed by atoms with Gasteiger partial charge in [-0.2, -0.15) is 0 Å². The number of benzene rings is 2. The molecule has 1 spiro atoms. The minimum Gasteiger partial charge on any atom is -0.497 e. The molecular formula is C28H33NO4. The van der Waals surface area contributed by atoms with Crippen LogP contribution >= 0.6 is 0 Å². The molecule has 1 unspecified atom stereocenters. The predicted molar refractivity (Wildman–Crippen MR) is 127 cm³/mol. The number of carbonyl (C=O) groups is 2. The van der Waals surface area contributed by atoms with Crippen molar-refractivity contribution in [2.75, 3.05) is 20.2 Å². The van der Waals surface area contributed by atoms with Gasteiger partial charge < -0.3 is 14.7 Å². The van der Waals surface area contributed by atoms with Gasteiger partial charge in [-0.15, -0.1) is 0 Å². The summed E-state index contributed by atoms with van der Waals surface area (Å²) < 4.78 is 5.50. The summed E-state index contributed by atoms with van der Waals surface area (Å²) in [4.78, 5) is 27.5. The largest absolute Gasteiger partial charge is 0.497 e. The zero-order chi connectivity index (χ0) is 23.1. The van der Waals surface area contributed by atoms with E-state index in [9.17, 15) is 14.7 Å². The smallest absolute Gasteiger partial charge is 0.303 e. The van der Waals surface area contributed by atoms with Gasteiger partial charge >= 0.3 is 5.97 Å². The molecule has 1 aliphatic heterocycles. The molecule has 2 aromatic carbocycles. The van der Waals surface area contributed by atoms with E-state index in [-0.39, 0.29) is 29.1 Å². The molecule has 5 rings (SSSR count). The zero-order valence-electron chi connectivity index (χ0n) is 19.4. The van der Waals surface area contributed by atoms with Crippen LogP contribution in [0.5, 0.6) is 5.75 Å². The van der Waals surface area contributed by atoms with Crippen LogP contribution in [0.25, 0.3) is 0 Å². The summed E-state index contributed by atoms with van der Waals surface area (Å²) in [5.41, 5.74) is 3.09. The molecule has 0 aromatic heterocycles. The molecule has 3 aliphatic rings. The van der Waals surface area contributed by atoms with Crippen molar-refractivity contribution in [3.63, 3.8) is 0 Å². The van der Waals surface area contributed by atoms with Crippen molar-refractivity contribution in [1.29, 1.82) is 0 Å². The highest BCUT2D eigenvalue weighted by atomic mass is 16.5. The molecular weight excluding hydrogens is 414 g/mol. The van der Waals surface area contributed by atoms with E-state index in [4.69, 9.17) is 4.74 Å². The number of likely N-dealkylation sites (tertiary alicyclic amines) is 1. The Bertz CT molecular complexity index is 1030. The third-order valence-corrected chi connectivity index (χ3v) is 8.53. The van der Waals surface area contributed by atoms with E-state index in [1.165, 1.54) is 5.56 Å². The molecule has 1 saturated heterocycles. The van der Waals surface area contributed by atoms with Crippen molar-refractivity contribution in [1.82, 2.24) is 4.90 Å². The van der Waals surface area contributed by atoms with Crippen molar-refractivity contribution in [3.05, 3.63) is 65.2 Å². The van der Waals surface area contributed by atoms with E-state index in [1.54, 1.807) is 7.11 Å².